The largest absolute Gasteiger partial charge is 0.468 e. The lowest BCUT2D eigenvalue weighted by Crippen LogP contribution is -2.42. The van der Waals surface area contributed by atoms with Crippen LogP contribution in [0.3, 0.4) is 0 Å². The Morgan fingerprint density at radius 1 is 1.44 bits per heavy atom. The van der Waals surface area contributed by atoms with Crippen LogP contribution >= 0.6 is 0 Å². The average molecular weight is 233 g/mol. The lowest BCUT2D eigenvalue weighted by Gasteiger charge is -2.25. The molecular formula is C10H19NO5. The maximum Gasteiger partial charge on any atom is 0.323 e. The number of nitrogens with zero attached hydrogens (tertiary/aromatic N) is 1. The minimum absolute atomic E-state index is 0.331. The molecule has 0 saturated carbocycles. The lowest BCUT2D eigenvalue weighted by molar-refractivity contribution is -0.150. The minimum Gasteiger partial charge on any atom is -0.468 e. The van der Waals surface area contributed by atoms with Gasteiger partial charge in [0, 0.05) is 27.2 Å². The molecule has 2 atom stereocenters. The Morgan fingerprint density at radius 2 is 2.06 bits per heavy atom. The number of likely N-dealkylation sites (tertiary alicyclic amines) is 1. The van der Waals surface area contributed by atoms with Crippen molar-refractivity contribution >= 4 is 5.97 Å². The fraction of sp³-hybridized carbons (Fsp3) is 0.900. The maximum atomic E-state index is 11.5. The van der Waals surface area contributed by atoms with Crippen molar-refractivity contribution in [1.29, 1.82) is 0 Å². The summed E-state index contributed by atoms with van der Waals surface area (Å²) in [6, 6.07) is -0.409. The highest BCUT2D eigenvalue weighted by atomic mass is 16.7. The second-order valence-electron chi connectivity index (χ2n) is 3.78. The molecule has 1 aliphatic rings. The summed E-state index contributed by atoms with van der Waals surface area (Å²) >= 11 is 0. The third kappa shape index (κ3) is 3.15. The molecule has 0 aromatic carbocycles. The van der Waals surface area contributed by atoms with Gasteiger partial charge in [0.15, 0.2) is 6.29 Å². The van der Waals surface area contributed by atoms with Gasteiger partial charge in [-0.25, -0.2) is 0 Å². The molecule has 0 bridgehead atoms. The van der Waals surface area contributed by atoms with Gasteiger partial charge >= 0.3 is 5.97 Å². The van der Waals surface area contributed by atoms with E-state index in [4.69, 9.17) is 9.47 Å². The van der Waals surface area contributed by atoms with Crippen LogP contribution in [0.5, 0.6) is 0 Å². The number of esters is 1. The highest BCUT2D eigenvalue weighted by molar-refractivity contribution is 5.76. The molecule has 0 aliphatic carbocycles. The number of β-amino-alcohol motifs (C(OH)–C–C–N with tert-alkyl or cyclic N) is 1. The molecule has 2 unspecified atom stereocenters. The predicted octanol–water partition coefficient (Wildman–Crippen LogP) is -0.786. The zero-order valence-electron chi connectivity index (χ0n) is 9.88. The third-order valence-corrected chi connectivity index (χ3v) is 2.76. The molecule has 6 heteroatoms. The lowest BCUT2D eigenvalue weighted by atomic mass is 10.2. The molecule has 1 saturated heterocycles. The summed E-state index contributed by atoms with van der Waals surface area (Å²) in [6.45, 7) is 0.868. The molecule has 0 aromatic rings. The Labute approximate surface area is 95.1 Å². The Balaban J connectivity index is 2.58. The number of rotatable bonds is 5. The van der Waals surface area contributed by atoms with E-state index in [0.717, 1.165) is 0 Å². The van der Waals surface area contributed by atoms with E-state index >= 15 is 0 Å². The highest BCUT2D eigenvalue weighted by Crippen LogP contribution is 2.19. The predicted molar refractivity (Wildman–Crippen MR) is 55.8 cm³/mol. The van der Waals surface area contributed by atoms with Gasteiger partial charge in [-0.15, -0.1) is 0 Å². The van der Waals surface area contributed by atoms with Crippen LogP contribution in [0.25, 0.3) is 0 Å². The van der Waals surface area contributed by atoms with Gasteiger partial charge in [-0.2, -0.15) is 0 Å². The van der Waals surface area contributed by atoms with Crippen molar-refractivity contribution < 1.29 is 24.1 Å². The normalized spacial score (nSPS) is 26.3. The number of hydrogen-bond acceptors (Lipinski definition) is 6. The van der Waals surface area contributed by atoms with Gasteiger partial charge in [-0.1, -0.05) is 0 Å². The zero-order valence-corrected chi connectivity index (χ0v) is 9.88. The molecule has 1 rings (SSSR count). The molecule has 6 nitrogen and oxygen atoms in total. The Bertz CT molecular complexity index is 231. The van der Waals surface area contributed by atoms with Gasteiger partial charge < -0.3 is 19.3 Å². The van der Waals surface area contributed by atoms with E-state index in [1.807, 2.05) is 4.90 Å². The van der Waals surface area contributed by atoms with Gasteiger partial charge in [0.1, 0.15) is 6.04 Å². The molecule has 0 spiro atoms. The van der Waals surface area contributed by atoms with E-state index in [1.54, 1.807) is 0 Å². The Hall–Kier alpha value is -0.690. The first-order chi connectivity index (χ1) is 7.62. The number of aliphatic hydroxyl groups is 1. The second-order valence-corrected chi connectivity index (χ2v) is 3.78. The van der Waals surface area contributed by atoms with E-state index in [-0.39, 0.29) is 5.97 Å². The monoisotopic (exact) mass is 233 g/mol. The summed E-state index contributed by atoms with van der Waals surface area (Å²) in [4.78, 5) is 13.3. The van der Waals surface area contributed by atoms with Crippen LogP contribution in [0, 0.1) is 0 Å². The van der Waals surface area contributed by atoms with Gasteiger partial charge in [0.05, 0.1) is 19.8 Å². The zero-order chi connectivity index (χ0) is 12.1. The van der Waals surface area contributed by atoms with Crippen LogP contribution in [-0.4, -0.2) is 68.8 Å². The van der Waals surface area contributed by atoms with E-state index in [0.29, 0.717) is 19.5 Å². The second kappa shape index (κ2) is 6.15. The van der Waals surface area contributed by atoms with Crippen molar-refractivity contribution in [2.75, 3.05) is 34.4 Å². The maximum absolute atomic E-state index is 11.5. The number of carbonyl (C=O) groups excluding carboxylic acids is 1. The van der Waals surface area contributed by atoms with Crippen LogP contribution in [0.4, 0.5) is 0 Å². The summed E-state index contributed by atoms with van der Waals surface area (Å²) in [5.74, 6) is -0.331. The van der Waals surface area contributed by atoms with Crippen molar-refractivity contribution in [1.82, 2.24) is 4.90 Å². The van der Waals surface area contributed by atoms with Gasteiger partial charge in [-0.3, -0.25) is 9.69 Å². The van der Waals surface area contributed by atoms with Crippen molar-refractivity contribution in [3.63, 3.8) is 0 Å². The SMILES string of the molecule is COC(=O)C1CC(O)CN1CC(OC)OC. The minimum atomic E-state index is -0.501. The van der Waals surface area contributed by atoms with Crippen LogP contribution in [0.15, 0.2) is 0 Å². The number of methoxy groups -OCH3 is 3. The molecule has 0 radical (unpaired) electrons. The molecule has 16 heavy (non-hydrogen) atoms. The topological polar surface area (TPSA) is 68.2 Å². The van der Waals surface area contributed by atoms with Crippen LogP contribution in [0.1, 0.15) is 6.42 Å². The molecule has 0 amide bonds. The molecule has 0 aromatic heterocycles. The van der Waals surface area contributed by atoms with Crippen molar-refractivity contribution in [3.05, 3.63) is 0 Å². The smallest absolute Gasteiger partial charge is 0.323 e. The van der Waals surface area contributed by atoms with Crippen molar-refractivity contribution in [3.8, 4) is 0 Å². The fourth-order valence-corrected chi connectivity index (χ4v) is 1.90. The van der Waals surface area contributed by atoms with E-state index in [1.165, 1.54) is 21.3 Å². The fourth-order valence-electron chi connectivity index (χ4n) is 1.90. The first kappa shape index (κ1) is 13.4. The quantitative estimate of drug-likeness (QED) is 0.496. The number of ether oxygens (including phenoxy) is 3. The van der Waals surface area contributed by atoms with Crippen molar-refractivity contribution in [2.45, 2.75) is 24.9 Å². The van der Waals surface area contributed by atoms with Crippen molar-refractivity contribution in [2.24, 2.45) is 0 Å². The summed E-state index contributed by atoms with van der Waals surface area (Å²) in [5.41, 5.74) is 0. The molecule has 1 N–H and O–H groups in total. The molecule has 1 heterocycles. The number of aliphatic hydroxyl groups excluding tert-OH is 1. The Kier molecular flexibility index (Phi) is 5.14. The summed E-state index contributed by atoms with van der Waals surface area (Å²) in [6.07, 6.45) is -0.511. The molecule has 1 fully saturated rings. The third-order valence-electron chi connectivity index (χ3n) is 2.76. The van der Waals surface area contributed by atoms with E-state index < -0.39 is 18.4 Å². The first-order valence-electron chi connectivity index (χ1n) is 5.17. The summed E-state index contributed by atoms with van der Waals surface area (Å²) in [7, 11) is 4.41. The van der Waals surface area contributed by atoms with Crippen LogP contribution < -0.4 is 0 Å². The summed E-state index contributed by atoms with van der Waals surface area (Å²) in [5, 5.41) is 9.54. The van der Waals surface area contributed by atoms with Gasteiger partial charge in [-0.05, 0) is 0 Å². The van der Waals surface area contributed by atoms with E-state index in [2.05, 4.69) is 4.74 Å². The standard InChI is InChI=1S/C10H19NO5/c1-14-9(15-2)6-11-5-7(12)4-8(11)10(13)16-3/h7-9,12H,4-6H2,1-3H3. The van der Waals surface area contributed by atoms with Crippen LogP contribution in [-0.2, 0) is 19.0 Å². The molecular weight excluding hydrogens is 214 g/mol. The van der Waals surface area contributed by atoms with Crippen LogP contribution in [0.2, 0.25) is 0 Å². The van der Waals surface area contributed by atoms with Gasteiger partial charge in [0.25, 0.3) is 0 Å². The average Bonchev–Trinajstić information content (AvgIpc) is 2.66. The Morgan fingerprint density at radius 3 is 2.56 bits per heavy atom. The number of hydrogen-bond donors (Lipinski definition) is 1. The van der Waals surface area contributed by atoms with Gasteiger partial charge in [0.2, 0.25) is 0 Å². The number of carbonyl (C=O) groups is 1. The van der Waals surface area contributed by atoms with E-state index in [9.17, 15) is 9.90 Å². The molecule has 1 aliphatic heterocycles. The highest BCUT2D eigenvalue weighted by Gasteiger charge is 2.37. The first-order valence-corrected chi connectivity index (χ1v) is 5.17. The summed E-state index contributed by atoms with van der Waals surface area (Å²) < 4.78 is 14.8. The molecule has 94 valence electrons.